The lowest BCUT2D eigenvalue weighted by Gasteiger charge is -2.24. The fourth-order valence-corrected chi connectivity index (χ4v) is 5.42. The highest BCUT2D eigenvalue weighted by Crippen LogP contribution is 2.43. The van der Waals surface area contributed by atoms with Crippen molar-refractivity contribution in [3.63, 3.8) is 0 Å². The molecule has 4 atom stereocenters. The van der Waals surface area contributed by atoms with Gasteiger partial charge in [0.05, 0.1) is 37.9 Å². The van der Waals surface area contributed by atoms with Crippen LogP contribution in [-0.2, 0) is 18.4 Å². The SMILES string of the molecule is CCCC/C=C\CCCCCC(O)CC(=O)NC(COP(=O)(O)OCCN)C(O)/C=C/CC/C=C/CC/C=C/CCCCCCC. The lowest BCUT2D eigenvalue weighted by atomic mass is 10.1. The number of aliphatic hydroxyl groups is 2. The van der Waals surface area contributed by atoms with E-state index in [-0.39, 0.29) is 19.6 Å². The number of carbonyl (C=O) groups is 1. The Morgan fingerprint density at radius 3 is 1.85 bits per heavy atom. The number of rotatable bonds is 32. The fraction of sp³-hybridized carbons (Fsp3) is 0.750. The van der Waals surface area contributed by atoms with Gasteiger partial charge in [-0.1, -0.05) is 114 Å². The molecule has 0 rings (SSSR count). The number of carbonyl (C=O) groups excluding carboxylic acids is 1. The van der Waals surface area contributed by atoms with E-state index in [1.807, 2.05) is 6.08 Å². The zero-order valence-corrected chi connectivity index (χ0v) is 29.8. The van der Waals surface area contributed by atoms with Crippen molar-refractivity contribution in [2.24, 2.45) is 5.73 Å². The van der Waals surface area contributed by atoms with Gasteiger partial charge in [-0.3, -0.25) is 13.8 Å². The molecule has 1 amide bonds. The first kappa shape index (κ1) is 44.4. The van der Waals surface area contributed by atoms with E-state index in [0.717, 1.165) is 57.8 Å². The first-order valence-corrected chi connectivity index (χ1v) is 19.3. The molecule has 0 bridgehead atoms. The molecule has 0 saturated carbocycles. The predicted octanol–water partition coefficient (Wildman–Crippen LogP) is 7.96. The van der Waals surface area contributed by atoms with E-state index < -0.39 is 38.6 Å². The van der Waals surface area contributed by atoms with Gasteiger partial charge < -0.3 is 26.2 Å². The molecule has 0 fully saturated rings. The molecule has 0 saturated heterocycles. The van der Waals surface area contributed by atoms with Crippen LogP contribution in [-0.4, -0.2) is 59.0 Å². The molecular formula is C36H67N2O7P. The lowest BCUT2D eigenvalue weighted by molar-refractivity contribution is -0.124. The minimum Gasteiger partial charge on any atom is -0.393 e. The molecule has 10 heteroatoms. The maximum absolute atomic E-state index is 12.7. The molecule has 46 heavy (non-hydrogen) atoms. The van der Waals surface area contributed by atoms with Crippen molar-refractivity contribution in [3.05, 3.63) is 48.6 Å². The Hall–Kier alpha value is -1.58. The van der Waals surface area contributed by atoms with Crippen LogP contribution in [0.25, 0.3) is 0 Å². The third kappa shape index (κ3) is 29.8. The van der Waals surface area contributed by atoms with Gasteiger partial charge >= 0.3 is 7.82 Å². The summed E-state index contributed by atoms with van der Waals surface area (Å²) in [5.74, 6) is -0.475. The van der Waals surface area contributed by atoms with Gasteiger partial charge in [-0.05, 0) is 64.2 Å². The molecule has 4 unspecified atom stereocenters. The lowest BCUT2D eigenvalue weighted by Crippen LogP contribution is -2.46. The Labute approximate surface area is 280 Å². The molecule has 0 aromatic rings. The molecular weight excluding hydrogens is 603 g/mol. The first-order valence-electron chi connectivity index (χ1n) is 17.8. The van der Waals surface area contributed by atoms with Gasteiger partial charge in [0.2, 0.25) is 5.91 Å². The van der Waals surface area contributed by atoms with Crippen molar-refractivity contribution in [2.45, 2.75) is 154 Å². The van der Waals surface area contributed by atoms with Crippen molar-refractivity contribution in [3.8, 4) is 0 Å². The number of aliphatic hydroxyl groups excluding tert-OH is 2. The second-order valence-corrected chi connectivity index (χ2v) is 13.3. The second-order valence-electron chi connectivity index (χ2n) is 11.9. The number of nitrogens with two attached hydrogens (primary N) is 1. The molecule has 0 aromatic carbocycles. The average molecular weight is 671 g/mol. The normalized spacial score (nSPS) is 15.7. The maximum Gasteiger partial charge on any atom is 0.472 e. The van der Waals surface area contributed by atoms with Crippen molar-refractivity contribution >= 4 is 13.7 Å². The zero-order valence-electron chi connectivity index (χ0n) is 28.9. The molecule has 0 aliphatic heterocycles. The monoisotopic (exact) mass is 670 g/mol. The van der Waals surface area contributed by atoms with Crippen LogP contribution in [0.3, 0.4) is 0 Å². The summed E-state index contributed by atoms with van der Waals surface area (Å²) in [5, 5.41) is 23.8. The van der Waals surface area contributed by atoms with Gasteiger partial charge in [-0.2, -0.15) is 0 Å². The van der Waals surface area contributed by atoms with Gasteiger partial charge in [-0.25, -0.2) is 4.57 Å². The largest absolute Gasteiger partial charge is 0.472 e. The average Bonchev–Trinajstić information content (AvgIpc) is 3.03. The molecule has 0 heterocycles. The molecule has 0 spiro atoms. The van der Waals surface area contributed by atoms with E-state index in [0.29, 0.717) is 12.8 Å². The van der Waals surface area contributed by atoms with Gasteiger partial charge in [0, 0.05) is 6.54 Å². The van der Waals surface area contributed by atoms with Crippen LogP contribution < -0.4 is 11.1 Å². The van der Waals surface area contributed by atoms with Gasteiger partial charge in [0.15, 0.2) is 0 Å². The Morgan fingerprint density at radius 2 is 1.26 bits per heavy atom. The quantitative estimate of drug-likeness (QED) is 0.0275. The number of phosphoric acid groups is 1. The summed E-state index contributed by atoms with van der Waals surface area (Å²) < 4.78 is 21.9. The minimum absolute atomic E-state index is 0.0390. The van der Waals surface area contributed by atoms with Gasteiger partial charge in [0.25, 0.3) is 0 Å². The van der Waals surface area contributed by atoms with Crippen molar-refractivity contribution < 1.29 is 33.5 Å². The Bertz CT molecular complexity index is 878. The topological polar surface area (TPSA) is 151 Å². The second kappa shape index (κ2) is 32.0. The minimum atomic E-state index is -4.40. The van der Waals surface area contributed by atoms with Crippen LogP contribution in [0.4, 0.5) is 0 Å². The Kier molecular flexibility index (Phi) is 30.9. The highest BCUT2D eigenvalue weighted by Gasteiger charge is 2.27. The Balaban J connectivity index is 4.61. The van der Waals surface area contributed by atoms with E-state index in [1.54, 1.807) is 6.08 Å². The highest BCUT2D eigenvalue weighted by molar-refractivity contribution is 7.47. The number of allylic oxidation sites excluding steroid dienone is 7. The smallest absolute Gasteiger partial charge is 0.393 e. The van der Waals surface area contributed by atoms with Gasteiger partial charge in [0.1, 0.15) is 0 Å². The van der Waals surface area contributed by atoms with Crippen LogP contribution in [0.1, 0.15) is 136 Å². The summed E-state index contributed by atoms with van der Waals surface area (Å²) in [5.41, 5.74) is 5.33. The summed E-state index contributed by atoms with van der Waals surface area (Å²) >= 11 is 0. The van der Waals surface area contributed by atoms with Crippen molar-refractivity contribution in [1.29, 1.82) is 0 Å². The summed E-state index contributed by atoms with van der Waals surface area (Å²) in [4.78, 5) is 22.5. The van der Waals surface area contributed by atoms with E-state index >= 15 is 0 Å². The maximum atomic E-state index is 12.7. The van der Waals surface area contributed by atoms with Crippen molar-refractivity contribution in [2.75, 3.05) is 19.8 Å². The van der Waals surface area contributed by atoms with E-state index in [9.17, 15) is 24.5 Å². The molecule has 268 valence electrons. The Morgan fingerprint density at radius 1 is 0.739 bits per heavy atom. The summed E-state index contributed by atoms with van der Waals surface area (Å²) in [6.07, 6.45) is 33.5. The zero-order chi connectivity index (χ0) is 34.1. The fourth-order valence-electron chi connectivity index (χ4n) is 4.66. The molecule has 0 aliphatic rings. The number of nitrogens with one attached hydrogen (secondary N) is 1. The third-order valence-corrected chi connectivity index (χ3v) is 8.39. The van der Waals surface area contributed by atoms with Crippen LogP contribution in [0.2, 0.25) is 0 Å². The van der Waals surface area contributed by atoms with Crippen LogP contribution >= 0.6 is 7.82 Å². The first-order chi connectivity index (χ1) is 22.3. The number of hydrogen-bond donors (Lipinski definition) is 5. The molecule has 9 nitrogen and oxygen atoms in total. The highest BCUT2D eigenvalue weighted by atomic mass is 31.2. The molecule has 0 aliphatic carbocycles. The van der Waals surface area contributed by atoms with Gasteiger partial charge in [-0.15, -0.1) is 0 Å². The van der Waals surface area contributed by atoms with Crippen LogP contribution in [0.15, 0.2) is 48.6 Å². The molecule has 0 aromatic heterocycles. The van der Waals surface area contributed by atoms with E-state index in [4.69, 9.17) is 14.8 Å². The summed E-state index contributed by atoms with van der Waals surface area (Å²) in [7, 11) is -4.40. The standard InChI is InChI=1S/C36H67N2O7P/c1-3-5-7-9-11-13-14-15-16-17-18-20-22-24-26-28-35(40)34(32-45-46(42,43)44-30-29-37)38-36(41)31-33(39)27-25-23-21-19-12-10-8-6-4-2/h10,12,14-15,18,20,26,28,33-35,39-40H,3-9,11,13,16-17,19,21-25,27,29-32,37H2,1-2H3,(H,38,41)(H,42,43)/b12-10-,15-14+,20-18+,28-26+. The molecule has 6 N–H and O–H groups in total. The number of hydrogen-bond acceptors (Lipinski definition) is 7. The van der Waals surface area contributed by atoms with E-state index in [1.165, 1.54) is 44.9 Å². The van der Waals surface area contributed by atoms with Crippen molar-refractivity contribution in [1.82, 2.24) is 5.32 Å². The number of unbranched alkanes of at least 4 members (excludes halogenated alkanes) is 12. The molecule has 0 radical (unpaired) electrons. The summed E-state index contributed by atoms with van der Waals surface area (Å²) in [6.45, 7) is 3.83. The van der Waals surface area contributed by atoms with Crippen LogP contribution in [0, 0.1) is 0 Å². The van der Waals surface area contributed by atoms with Crippen LogP contribution in [0.5, 0.6) is 0 Å². The summed E-state index contributed by atoms with van der Waals surface area (Å²) in [6, 6.07) is -1.01. The predicted molar refractivity (Wildman–Crippen MR) is 190 cm³/mol. The number of amides is 1. The third-order valence-electron chi connectivity index (χ3n) is 7.41. The van der Waals surface area contributed by atoms with E-state index in [2.05, 4.69) is 55.6 Å². The number of phosphoric ester groups is 1.